The largest absolute Gasteiger partial charge is 0.327 e. The summed E-state index contributed by atoms with van der Waals surface area (Å²) in [4.78, 5) is 12.3. The number of ketones is 1. The summed E-state index contributed by atoms with van der Waals surface area (Å²) in [5, 5.41) is 0.0855. The van der Waals surface area contributed by atoms with Crippen LogP contribution in [0.4, 0.5) is 4.39 Å². The summed E-state index contributed by atoms with van der Waals surface area (Å²) in [6.45, 7) is 0. The summed E-state index contributed by atoms with van der Waals surface area (Å²) in [7, 11) is 0. The lowest BCUT2D eigenvalue weighted by molar-refractivity contribution is -0.123. The van der Waals surface area contributed by atoms with Gasteiger partial charge in [0.25, 0.3) is 0 Å². The van der Waals surface area contributed by atoms with Crippen LogP contribution >= 0.6 is 11.6 Å². The molecule has 0 amide bonds. The quantitative estimate of drug-likeness (QED) is 0.863. The van der Waals surface area contributed by atoms with Crippen LogP contribution in [0.15, 0.2) is 18.2 Å². The van der Waals surface area contributed by atoms with E-state index in [1.165, 1.54) is 12.1 Å². The van der Waals surface area contributed by atoms with Gasteiger partial charge in [-0.05, 0) is 30.5 Å². The van der Waals surface area contributed by atoms with E-state index in [1.807, 2.05) is 0 Å². The van der Waals surface area contributed by atoms with Crippen LogP contribution in [0.2, 0.25) is 5.02 Å². The molecule has 104 valence electrons. The van der Waals surface area contributed by atoms with Gasteiger partial charge in [0.2, 0.25) is 0 Å². The summed E-state index contributed by atoms with van der Waals surface area (Å²) in [6.07, 6.45) is 5.31. The fraction of sp³-hybridized carbons (Fsp3) is 0.533. The van der Waals surface area contributed by atoms with E-state index in [9.17, 15) is 9.18 Å². The van der Waals surface area contributed by atoms with Crippen molar-refractivity contribution in [3.63, 3.8) is 0 Å². The molecule has 0 aromatic heterocycles. The summed E-state index contributed by atoms with van der Waals surface area (Å²) in [5.41, 5.74) is 6.74. The average Bonchev–Trinajstić information content (AvgIpc) is 2.58. The van der Waals surface area contributed by atoms with Gasteiger partial charge in [-0.15, -0.1) is 0 Å². The minimum atomic E-state index is -0.475. The van der Waals surface area contributed by atoms with Crippen molar-refractivity contribution < 1.29 is 9.18 Å². The fourth-order valence-corrected chi connectivity index (χ4v) is 2.84. The van der Waals surface area contributed by atoms with Gasteiger partial charge < -0.3 is 5.73 Å². The molecule has 0 radical (unpaired) electrons. The molecule has 1 aromatic carbocycles. The van der Waals surface area contributed by atoms with Gasteiger partial charge in [0, 0.05) is 18.4 Å². The summed E-state index contributed by atoms with van der Waals surface area (Å²) < 4.78 is 13.3. The Kier molecular flexibility index (Phi) is 4.94. The van der Waals surface area contributed by atoms with Crippen LogP contribution in [0.5, 0.6) is 0 Å². The van der Waals surface area contributed by atoms with Gasteiger partial charge in [0.1, 0.15) is 11.6 Å². The highest BCUT2D eigenvalue weighted by atomic mass is 35.5. The number of benzene rings is 1. The lowest BCUT2D eigenvalue weighted by Crippen LogP contribution is -2.35. The van der Waals surface area contributed by atoms with Crippen LogP contribution in [0.1, 0.15) is 37.7 Å². The summed E-state index contributed by atoms with van der Waals surface area (Å²) >= 11 is 5.63. The van der Waals surface area contributed by atoms with Gasteiger partial charge in [-0.1, -0.05) is 36.9 Å². The Bertz CT molecular complexity index is 463. The number of halogens is 2. The van der Waals surface area contributed by atoms with Crippen LogP contribution in [0, 0.1) is 11.7 Å². The van der Waals surface area contributed by atoms with E-state index in [1.54, 1.807) is 6.07 Å². The molecule has 1 fully saturated rings. The Balaban J connectivity index is 2.04. The van der Waals surface area contributed by atoms with E-state index in [2.05, 4.69) is 0 Å². The molecular formula is C15H19ClFNO. The molecule has 2 N–H and O–H groups in total. The predicted octanol–water partition coefficient (Wildman–Crippen LogP) is 3.50. The molecule has 0 spiro atoms. The first-order valence-electron chi connectivity index (χ1n) is 6.80. The molecule has 0 heterocycles. The van der Waals surface area contributed by atoms with Crippen molar-refractivity contribution in [2.24, 2.45) is 11.7 Å². The zero-order valence-electron chi connectivity index (χ0n) is 10.9. The van der Waals surface area contributed by atoms with Crippen LogP contribution in [-0.4, -0.2) is 11.8 Å². The second-order valence-electron chi connectivity index (χ2n) is 5.30. The fourth-order valence-electron chi connectivity index (χ4n) is 2.72. The molecule has 0 saturated heterocycles. The maximum atomic E-state index is 13.3. The molecule has 0 bridgehead atoms. The Morgan fingerprint density at radius 2 is 2.05 bits per heavy atom. The minimum Gasteiger partial charge on any atom is -0.327 e. The highest BCUT2D eigenvalue weighted by Crippen LogP contribution is 2.25. The molecule has 1 aliphatic rings. The molecule has 1 saturated carbocycles. The molecule has 2 unspecified atom stereocenters. The van der Waals surface area contributed by atoms with Gasteiger partial charge in [-0.3, -0.25) is 4.79 Å². The lowest BCUT2D eigenvalue weighted by Gasteiger charge is -2.20. The molecular weight excluding hydrogens is 265 g/mol. The Labute approximate surface area is 118 Å². The van der Waals surface area contributed by atoms with E-state index < -0.39 is 5.82 Å². The number of carbonyl (C=O) groups excluding carboxylic acids is 1. The maximum Gasteiger partial charge on any atom is 0.142 e. The van der Waals surface area contributed by atoms with Crippen molar-refractivity contribution in [3.8, 4) is 0 Å². The highest BCUT2D eigenvalue weighted by Gasteiger charge is 2.26. The van der Waals surface area contributed by atoms with E-state index in [4.69, 9.17) is 17.3 Å². The van der Waals surface area contributed by atoms with Crippen LogP contribution < -0.4 is 5.73 Å². The lowest BCUT2D eigenvalue weighted by atomic mass is 9.88. The average molecular weight is 284 g/mol. The third kappa shape index (κ3) is 3.77. The number of hydrogen-bond donors (Lipinski definition) is 1. The number of Topliss-reactive ketones (excluding diaryl/α,β-unsaturated/α-hetero) is 1. The molecule has 4 heteroatoms. The Hall–Kier alpha value is -0.930. The topological polar surface area (TPSA) is 43.1 Å². The van der Waals surface area contributed by atoms with Crippen LogP contribution in [0.25, 0.3) is 0 Å². The summed E-state index contributed by atoms with van der Waals surface area (Å²) in [6, 6.07) is 4.48. The van der Waals surface area contributed by atoms with E-state index in [0.717, 1.165) is 32.1 Å². The van der Waals surface area contributed by atoms with Crippen molar-refractivity contribution in [2.75, 3.05) is 0 Å². The molecule has 19 heavy (non-hydrogen) atoms. The van der Waals surface area contributed by atoms with E-state index >= 15 is 0 Å². The first-order valence-corrected chi connectivity index (χ1v) is 7.18. The molecule has 1 aliphatic carbocycles. The van der Waals surface area contributed by atoms with Gasteiger partial charge >= 0.3 is 0 Å². The molecule has 0 aliphatic heterocycles. The monoisotopic (exact) mass is 283 g/mol. The smallest absolute Gasteiger partial charge is 0.142 e. The third-order valence-electron chi connectivity index (χ3n) is 3.85. The number of rotatable bonds is 3. The standard InChI is InChI=1S/C15H19ClFNO/c16-12-7-6-10(8-13(12)17)9-15(19)11-4-2-1-3-5-14(11)18/h6-8,11,14H,1-5,9,18H2. The van der Waals surface area contributed by atoms with Crippen molar-refractivity contribution in [3.05, 3.63) is 34.6 Å². The zero-order chi connectivity index (χ0) is 13.8. The van der Waals surface area contributed by atoms with Crippen molar-refractivity contribution in [1.29, 1.82) is 0 Å². The van der Waals surface area contributed by atoms with Crippen molar-refractivity contribution in [2.45, 2.75) is 44.6 Å². The van der Waals surface area contributed by atoms with E-state index in [0.29, 0.717) is 5.56 Å². The molecule has 2 atom stereocenters. The Morgan fingerprint density at radius 3 is 2.79 bits per heavy atom. The van der Waals surface area contributed by atoms with Gasteiger partial charge in [-0.2, -0.15) is 0 Å². The first-order chi connectivity index (χ1) is 9.08. The van der Waals surface area contributed by atoms with Crippen LogP contribution in [0.3, 0.4) is 0 Å². The molecule has 1 aromatic rings. The highest BCUT2D eigenvalue weighted by molar-refractivity contribution is 6.30. The molecule has 2 nitrogen and oxygen atoms in total. The minimum absolute atomic E-state index is 0.0489. The SMILES string of the molecule is NC1CCCCCC1C(=O)Cc1ccc(Cl)c(F)c1. The number of nitrogens with two attached hydrogens (primary N) is 1. The van der Waals surface area contributed by atoms with Gasteiger partial charge in [-0.25, -0.2) is 4.39 Å². The first kappa shape index (κ1) is 14.5. The Morgan fingerprint density at radius 1 is 1.32 bits per heavy atom. The second-order valence-corrected chi connectivity index (χ2v) is 5.71. The van der Waals surface area contributed by atoms with Gasteiger partial charge in [0.05, 0.1) is 5.02 Å². The van der Waals surface area contributed by atoms with Crippen molar-refractivity contribution in [1.82, 2.24) is 0 Å². The van der Waals surface area contributed by atoms with E-state index in [-0.39, 0.29) is 29.2 Å². The maximum absolute atomic E-state index is 13.3. The van der Waals surface area contributed by atoms with Crippen LogP contribution in [-0.2, 0) is 11.2 Å². The van der Waals surface area contributed by atoms with Gasteiger partial charge in [0.15, 0.2) is 0 Å². The zero-order valence-corrected chi connectivity index (χ0v) is 11.6. The second kappa shape index (κ2) is 6.49. The number of hydrogen-bond acceptors (Lipinski definition) is 2. The van der Waals surface area contributed by atoms with Crippen molar-refractivity contribution >= 4 is 17.4 Å². The summed E-state index contributed by atoms with van der Waals surface area (Å²) in [5.74, 6) is -0.436. The third-order valence-corrected chi connectivity index (χ3v) is 4.15. The predicted molar refractivity (Wildman–Crippen MR) is 74.7 cm³/mol. The number of carbonyl (C=O) groups is 1. The normalized spacial score (nSPS) is 23.9. The molecule has 2 rings (SSSR count).